The van der Waals surface area contributed by atoms with Gasteiger partial charge >= 0.3 is 0 Å². The number of ether oxygens (including phenoxy) is 1. The van der Waals surface area contributed by atoms with Crippen LogP contribution >= 0.6 is 15.9 Å². The third-order valence-corrected chi connectivity index (χ3v) is 4.40. The number of alkyl halides is 1. The van der Waals surface area contributed by atoms with Gasteiger partial charge in [0.2, 0.25) is 0 Å². The maximum Gasteiger partial charge on any atom is 0.280 e. The average Bonchev–Trinajstić information content (AvgIpc) is 2.88. The zero-order chi connectivity index (χ0) is 27.0. The van der Waals surface area contributed by atoms with Crippen molar-refractivity contribution in [3.63, 3.8) is 0 Å². The molecule has 0 heterocycles. The second kappa shape index (κ2) is 19.0. The van der Waals surface area contributed by atoms with Crippen LogP contribution in [-0.4, -0.2) is 67.3 Å². The molecular weight excluding hydrogens is 542 g/mol. The molecule has 8 nitrogen and oxygen atoms in total. The van der Waals surface area contributed by atoms with Crippen molar-refractivity contribution in [3.8, 4) is 11.5 Å². The van der Waals surface area contributed by atoms with Crippen LogP contribution in [0.5, 0.6) is 11.5 Å². The molecule has 11 heteroatoms. The van der Waals surface area contributed by atoms with E-state index in [9.17, 15) is 18.4 Å². The fourth-order valence-corrected chi connectivity index (χ4v) is 2.10. The van der Waals surface area contributed by atoms with E-state index in [-0.39, 0.29) is 24.3 Å². The molecule has 0 unspecified atom stereocenters. The zero-order valence-corrected chi connectivity index (χ0v) is 21.6. The maximum atomic E-state index is 13.5. The van der Waals surface area contributed by atoms with Crippen LogP contribution in [0.2, 0.25) is 0 Å². The Bertz CT molecular complexity index is 991. The molecule has 2 aromatic rings. The number of halogens is 3. The summed E-state index contributed by atoms with van der Waals surface area (Å²) in [4.78, 5) is 32.4. The van der Waals surface area contributed by atoms with Crippen molar-refractivity contribution in [1.82, 2.24) is 10.1 Å². The Labute approximate surface area is 219 Å². The summed E-state index contributed by atoms with van der Waals surface area (Å²) in [5.41, 5.74) is -0.328. The number of aromatic hydroxyl groups is 1. The summed E-state index contributed by atoms with van der Waals surface area (Å²) in [6, 6.07) is 7.19. The lowest BCUT2D eigenvalue weighted by atomic mass is 10.2. The maximum absolute atomic E-state index is 13.5. The monoisotopic (exact) mass is 574 g/mol. The van der Waals surface area contributed by atoms with Crippen molar-refractivity contribution in [3.05, 3.63) is 84.5 Å². The molecule has 0 fully saturated rings. The van der Waals surface area contributed by atoms with Gasteiger partial charge < -0.3 is 9.84 Å². The van der Waals surface area contributed by atoms with E-state index in [1.165, 1.54) is 52.6 Å². The predicted molar refractivity (Wildman–Crippen MR) is 139 cm³/mol. The number of hydrogen-bond acceptors (Lipinski definition) is 6. The minimum atomic E-state index is -0.698. The Balaban J connectivity index is 0. The van der Waals surface area contributed by atoms with E-state index in [4.69, 9.17) is 14.7 Å². The molecule has 200 valence electrons. The van der Waals surface area contributed by atoms with Gasteiger partial charge in [-0.15, -0.1) is 6.58 Å². The van der Waals surface area contributed by atoms with E-state index < -0.39 is 23.4 Å². The number of benzene rings is 2. The number of rotatable bonds is 8. The van der Waals surface area contributed by atoms with Crippen LogP contribution in [0.15, 0.2) is 61.7 Å². The quantitative estimate of drug-likeness (QED) is 0.258. The lowest BCUT2D eigenvalue weighted by molar-refractivity contribution is -0.0760. The Hall–Kier alpha value is -3.28. The molecule has 36 heavy (non-hydrogen) atoms. The first kappa shape index (κ1) is 34.9. The molecular formula is C25H33BrF2N2O6. The van der Waals surface area contributed by atoms with Crippen LogP contribution in [-0.2, 0) is 9.68 Å². The highest BCUT2D eigenvalue weighted by atomic mass is 79.9. The van der Waals surface area contributed by atoms with Crippen LogP contribution in [0, 0.1) is 11.6 Å². The van der Waals surface area contributed by atoms with Gasteiger partial charge in [-0.3, -0.25) is 19.3 Å². The number of hydrogen-bond donors (Lipinski definition) is 1. The summed E-state index contributed by atoms with van der Waals surface area (Å²) < 4.78 is 31.8. The number of carbonyl (C=O) groups excluding carboxylic acids is 2. The van der Waals surface area contributed by atoms with Crippen molar-refractivity contribution >= 4 is 27.7 Å². The number of phenols is 1. The molecule has 2 aromatic carbocycles. The Morgan fingerprint density at radius 1 is 0.944 bits per heavy atom. The highest BCUT2D eigenvalue weighted by molar-refractivity contribution is 9.09. The number of allylic oxidation sites excluding steroid dienone is 1. The Morgan fingerprint density at radius 3 is 1.81 bits per heavy atom. The molecule has 0 radical (unpaired) electrons. The summed E-state index contributed by atoms with van der Waals surface area (Å²) in [5.74, 6) is -2.31. The molecule has 0 atom stereocenters. The van der Waals surface area contributed by atoms with E-state index in [1.54, 1.807) is 12.2 Å². The number of nitrogens with zero attached hydrogens (tertiary/aromatic N) is 2. The minimum absolute atomic E-state index is 0. The standard InChI is InChI=1S/C12H14FNO3.C9H10FNO3.C3H5Br.CH4/c1-4-7-17-9-5-6-11(13)10(8-9)12(15)14(2)16-3;1-11(14-2)9(13)7-5-6(12)3-4-8(7)10;1-2-3-4;/h4-6,8H,1,7H2,2-3H3;3-5,12H,1-2H3;2H,1,3H2;1H4. The molecule has 2 rings (SSSR count). The molecule has 0 saturated carbocycles. The van der Waals surface area contributed by atoms with E-state index >= 15 is 0 Å². The average molecular weight is 575 g/mol. The molecule has 1 N–H and O–H groups in total. The molecule has 0 aliphatic heterocycles. The first-order valence-electron chi connectivity index (χ1n) is 9.90. The fraction of sp³-hybridized carbons (Fsp3) is 0.280. The van der Waals surface area contributed by atoms with Crippen LogP contribution in [0.3, 0.4) is 0 Å². The number of hydroxylamine groups is 4. The summed E-state index contributed by atoms with van der Waals surface area (Å²) in [5, 5.41) is 11.8. The molecule has 2 amide bonds. The van der Waals surface area contributed by atoms with Gasteiger partial charge in [0.25, 0.3) is 11.8 Å². The predicted octanol–water partition coefficient (Wildman–Crippen LogP) is 5.39. The van der Waals surface area contributed by atoms with Gasteiger partial charge in [0, 0.05) is 19.4 Å². The third kappa shape index (κ3) is 11.9. The Kier molecular flexibility index (Phi) is 18.4. The van der Waals surface area contributed by atoms with Crippen LogP contribution in [0.25, 0.3) is 0 Å². The molecule has 0 saturated heterocycles. The van der Waals surface area contributed by atoms with Crippen molar-refractivity contribution in [2.45, 2.75) is 7.43 Å². The van der Waals surface area contributed by atoms with Crippen molar-refractivity contribution in [2.24, 2.45) is 0 Å². The molecule has 0 aromatic heterocycles. The van der Waals surface area contributed by atoms with Gasteiger partial charge in [-0.05, 0) is 36.4 Å². The van der Waals surface area contributed by atoms with E-state index in [0.29, 0.717) is 12.4 Å². The fourth-order valence-electron chi connectivity index (χ4n) is 2.10. The lowest BCUT2D eigenvalue weighted by Gasteiger charge is -2.14. The minimum Gasteiger partial charge on any atom is -0.508 e. The highest BCUT2D eigenvalue weighted by Gasteiger charge is 2.17. The van der Waals surface area contributed by atoms with E-state index in [1.807, 2.05) is 0 Å². The highest BCUT2D eigenvalue weighted by Crippen LogP contribution is 2.19. The summed E-state index contributed by atoms with van der Waals surface area (Å²) >= 11 is 3.13. The zero-order valence-electron chi connectivity index (χ0n) is 20.0. The van der Waals surface area contributed by atoms with Crippen molar-refractivity contribution in [2.75, 3.05) is 40.3 Å². The van der Waals surface area contributed by atoms with Gasteiger partial charge in [0.05, 0.1) is 25.3 Å². The van der Waals surface area contributed by atoms with E-state index in [0.717, 1.165) is 27.6 Å². The van der Waals surface area contributed by atoms with E-state index in [2.05, 4.69) is 33.9 Å². The van der Waals surface area contributed by atoms with Crippen LogP contribution < -0.4 is 4.74 Å². The third-order valence-electron chi connectivity index (χ3n) is 3.95. The molecule has 0 bridgehead atoms. The second-order valence-electron chi connectivity index (χ2n) is 6.32. The lowest BCUT2D eigenvalue weighted by Crippen LogP contribution is -2.26. The van der Waals surface area contributed by atoms with Crippen molar-refractivity contribution < 1.29 is 37.9 Å². The first-order chi connectivity index (χ1) is 16.6. The Morgan fingerprint density at radius 2 is 1.39 bits per heavy atom. The first-order valence-corrected chi connectivity index (χ1v) is 11.0. The van der Waals surface area contributed by atoms with Gasteiger partial charge in [-0.1, -0.05) is 42.1 Å². The van der Waals surface area contributed by atoms with Gasteiger partial charge in [0.1, 0.15) is 29.7 Å². The smallest absolute Gasteiger partial charge is 0.280 e. The summed E-state index contributed by atoms with van der Waals surface area (Å²) in [6.45, 7) is 7.22. The topological polar surface area (TPSA) is 88.5 Å². The number of carbonyl (C=O) groups is 2. The van der Waals surface area contributed by atoms with Gasteiger partial charge in [-0.25, -0.2) is 18.9 Å². The normalized spacial score (nSPS) is 9.19. The number of phenolic OH excluding ortho intramolecular Hbond substituents is 1. The molecule has 0 aliphatic carbocycles. The SMILES string of the molecule is C.C=CCBr.C=CCOc1ccc(F)c(C(=O)N(C)OC)c1.CON(C)C(=O)c1cc(O)ccc1F. The van der Waals surface area contributed by atoms with Gasteiger partial charge in [-0.2, -0.15) is 0 Å². The van der Waals surface area contributed by atoms with Crippen LogP contribution in [0.4, 0.5) is 8.78 Å². The van der Waals surface area contributed by atoms with Gasteiger partial charge in [0.15, 0.2) is 0 Å². The summed E-state index contributed by atoms with van der Waals surface area (Å²) in [6.07, 6.45) is 3.35. The largest absolute Gasteiger partial charge is 0.508 e. The molecule has 0 aliphatic rings. The number of amides is 2. The molecule has 0 spiro atoms. The summed E-state index contributed by atoms with van der Waals surface area (Å²) in [7, 11) is 5.37. The van der Waals surface area contributed by atoms with Crippen molar-refractivity contribution in [1.29, 1.82) is 0 Å². The second-order valence-corrected chi connectivity index (χ2v) is 6.97. The van der Waals surface area contributed by atoms with Crippen LogP contribution in [0.1, 0.15) is 28.1 Å².